The monoisotopic (exact) mass is 736 g/mol. The maximum Gasteiger partial charge on any atom is 0.405 e. The lowest BCUT2D eigenvalue weighted by Crippen LogP contribution is -2.35. The number of halogens is 3. The van der Waals surface area contributed by atoms with E-state index in [4.69, 9.17) is 21.3 Å². The van der Waals surface area contributed by atoms with Crippen LogP contribution in [0.2, 0.25) is 5.02 Å². The van der Waals surface area contributed by atoms with Gasteiger partial charge in [-0.05, 0) is 72.5 Å². The number of carboxylic acid groups (broad SMARTS) is 1. The van der Waals surface area contributed by atoms with E-state index in [1.807, 2.05) is 0 Å². The molecule has 0 saturated carbocycles. The molecule has 0 bridgehead atoms. The van der Waals surface area contributed by atoms with Crippen LogP contribution >= 0.6 is 11.6 Å². The van der Waals surface area contributed by atoms with Gasteiger partial charge in [-0.1, -0.05) is 35.9 Å². The minimum atomic E-state index is -3.97. The smallest absolute Gasteiger partial charge is 0.405 e. The molecule has 0 radical (unpaired) electrons. The summed E-state index contributed by atoms with van der Waals surface area (Å²) in [5, 5.41) is 17.1. The van der Waals surface area contributed by atoms with E-state index in [-0.39, 0.29) is 68.3 Å². The first-order valence-electron chi connectivity index (χ1n) is 15.5. The van der Waals surface area contributed by atoms with Crippen LogP contribution in [0.15, 0.2) is 77.6 Å². The summed E-state index contributed by atoms with van der Waals surface area (Å²) in [4.78, 5) is 31.3. The van der Waals surface area contributed by atoms with Crippen molar-refractivity contribution in [3.05, 3.63) is 122 Å². The molecule has 3 N–H and O–H groups in total. The molecule has 51 heavy (non-hydrogen) atoms. The van der Waals surface area contributed by atoms with Gasteiger partial charge in [0.2, 0.25) is 10.0 Å². The van der Waals surface area contributed by atoms with Crippen molar-refractivity contribution in [1.82, 2.24) is 24.6 Å². The molecule has 6 rings (SSSR count). The lowest BCUT2D eigenvalue weighted by atomic mass is 10.0. The topological polar surface area (TPSA) is 157 Å². The van der Waals surface area contributed by atoms with Crippen LogP contribution in [-0.4, -0.2) is 51.8 Å². The van der Waals surface area contributed by atoms with Crippen LogP contribution in [0.4, 0.5) is 19.4 Å². The number of hydrogen-bond acceptors (Lipinski definition) is 7. The Kier molecular flexibility index (Phi) is 9.68. The summed E-state index contributed by atoms with van der Waals surface area (Å²) in [5.74, 6) is -1.57. The molecule has 1 atom stereocenters. The Morgan fingerprint density at radius 3 is 2.41 bits per heavy atom. The first-order valence-corrected chi connectivity index (χ1v) is 17.5. The summed E-state index contributed by atoms with van der Waals surface area (Å²) in [6.07, 6.45) is -1.57. The molecule has 0 fully saturated rings. The number of anilines is 1. The van der Waals surface area contributed by atoms with Gasteiger partial charge in [0.15, 0.2) is 5.82 Å². The summed E-state index contributed by atoms with van der Waals surface area (Å²) in [6.45, 7) is 1.74. The number of benzene rings is 4. The lowest BCUT2D eigenvalue weighted by Gasteiger charge is -2.23. The van der Waals surface area contributed by atoms with E-state index in [2.05, 4.69) is 15.1 Å². The maximum absolute atomic E-state index is 14.4. The highest BCUT2D eigenvalue weighted by Gasteiger charge is 2.28. The average molecular weight is 737 g/mol. The second-order valence-electron chi connectivity index (χ2n) is 11.8. The molecule has 0 saturated heterocycles. The zero-order chi connectivity index (χ0) is 36.6. The molecule has 16 heteroatoms. The largest absolute Gasteiger partial charge is 0.497 e. The van der Waals surface area contributed by atoms with E-state index in [0.717, 1.165) is 17.7 Å². The maximum atomic E-state index is 14.4. The molecule has 0 aliphatic carbocycles. The summed E-state index contributed by atoms with van der Waals surface area (Å²) < 4.78 is 65.3. The Bertz CT molecular complexity index is 2470. The van der Waals surface area contributed by atoms with E-state index in [1.165, 1.54) is 35.5 Å². The average Bonchev–Trinajstić information content (AvgIpc) is 3.39. The highest BCUT2D eigenvalue weighted by molar-refractivity contribution is 7.92. The lowest BCUT2D eigenvalue weighted by molar-refractivity contribution is 0.189. The standard InChI is InChI=1S/C35H31ClF2N6O6S/c1-19-5-4-6-25-30(19)40-33(27(39-35(46)47)17-21-15-22(37)18-23(38)16-21)44(34(25)45)28-12-11-26(36)29-31(28)43(2)41-32(29)42-51(48,49)14-13-20-7-9-24(50-3)10-8-20/h4-12,15-16,18,27,39H,13-14,17H2,1-3H3,(H,41,42)(H,46,47). The van der Waals surface area contributed by atoms with Crippen molar-refractivity contribution >= 4 is 55.3 Å². The van der Waals surface area contributed by atoms with Crippen LogP contribution in [0.3, 0.4) is 0 Å². The molecular weight excluding hydrogens is 706 g/mol. The highest BCUT2D eigenvalue weighted by atomic mass is 35.5. The van der Waals surface area contributed by atoms with Gasteiger partial charge in [-0.3, -0.25) is 18.8 Å². The molecule has 0 aliphatic heterocycles. The zero-order valence-electron chi connectivity index (χ0n) is 27.4. The number of nitrogens with one attached hydrogen (secondary N) is 2. The number of aryl methyl sites for hydroxylation is 3. The number of fused-ring (bicyclic) bond motifs is 2. The molecule has 12 nitrogen and oxygen atoms in total. The van der Waals surface area contributed by atoms with Gasteiger partial charge in [-0.25, -0.2) is 27.0 Å². The Morgan fingerprint density at radius 1 is 1.04 bits per heavy atom. The highest BCUT2D eigenvalue weighted by Crippen LogP contribution is 2.36. The molecule has 2 heterocycles. The molecular formula is C35H31ClF2N6O6S. The van der Waals surface area contributed by atoms with E-state index < -0.39 is 39.4 Å². The second kappa shape index (κ2) is 14.0. The third-order valence-electron chi connectivity index (χ3n) is 8.33. The zero-order valence-corrected chi connectivity index (χ0v) is 29.0. The number of sulfonamides is 1. The molecule has 6 aromatic rings. The minimum absolute atomic E-state index is 0.0938. The Balaban J connectivity index is 1.50. The van der Waals surface area contributed by atoms with Gasteiger partial charge in [0.05, 0.1) is 51.4 Å². The fourth-order valence-corrected chi connectivity index (χ4v) is 7.29. The number of methoxy groups -OCH3 is 1. The quantitative estimate of drug-likeness (QED) is 0.145. The summed E-state index contributed by atoms with van der Waals surface area (Å²) in [6, 6.07) is 16.4. The van der Waals surface area contributed by atoms with E-state index in [1.54, 1.807) is 49.4 Å². The number of hydrogen-bond donors (Lipinski definition) is 3. The van der Waals surface area contributed by atoms with Gasteiger partial charge in [0.25, 0.3) is 5.56 Å². The fraction of sp³-hybridized carbons (Fsp3) is 0.200. The minimum Gasteiger partial charge on any atom is -0.497 e. The van der Waals surface area contributed by atoms with Crippen molar-refractivity contribution in [1.29, 1.82) is 0 Å². The molecule has 0 aliphatic rings. The molecule has 0 spiro atoms. The number of aromatic nitrogens is 4. The first kappa shape index (κ1) is 35.3. The van der Waals surface area contributed by atoms with E-state index in [0.29, 0.717) is 17.4 Å². The van der Waals surface area contributed by atoms with Gasteiger partial charge >= 0.3 is 6.09 Å². The number of amides is 1. The van der Waals surface area contributed by atoms with Crippen LogP contribution in [0.1, 0.15) is 28.6 Å². The third-order valence-corrected chi connectivity index (χ3v) is 9.89. The Labute approximate surface area is 295 Å². The van der Waals surface area contributed by atoms with Crippen molar-refractivity contribution in [2.75, 3.05) is 17.6 Å². The SMILES string of the molecule is COc1ccc(CCS(=O)(=O)Nc2nn(C)c3c(-n4c(C(Cc5cc(F)cc(F)c5)NC(=O)O)nc5c(C)cccc5c4=O)ccc(Cl)c23)cc1. The third kappa shape index (κ3) is 7.35. The van der Waals surface area contributed by atoms with Crippen LogP contribution in [0, 0.1) is 18.6 Å². The van der Waals surface area contributed by atoms with Crippen molar-refractivity contribution in [2.45, 2.75) is 25.8 Å². The number of rotatable bonds is 11. The Hall–Kier alpha value is -5.54. The summed E-state index contributed by atoms with van der Waals surface area (Å²) >= 11 is 6.66. The van der Waals surface area contributed by atoms with E-state index >= 15 is 0 Å². The van der Waals surface area contributed by atoms with Crippen molar-refractivity contribution in [3.63, 3.8) is 0 Å². The van der Waals surface area contributed by atoms with Crippen LogP contribution < -0.4 is 20.3 Å². The van der Waals surface area contributed by atoms with Gasteiger partial charge in [-0.15, -0.1) is 0 Å². The summed E-state index contributed by atoms with van der Waals surface area (Å²) in [7, 11) is -0.908. The molecule has 1 unspecified atom stereocenters. The van der Waals surface area contributed by atoms with Crippen molar-refractivity contribution in [3.8, 4) is 11.4 Å². The molecule has 1 amide bonds. The van der Waals surface area contributed by atoms with Crippen LogP contribution in [-0.2, 0) is 29.9 Å². The fourth-order valence-electron chi connectivity index (χ4n) is 6.01. The molecule has 264 valence electrons. The normalized spacial score (nSPS) is 12.3. The molecule has 2 aromatic heterocycles. The van der Waals surface area contributed by atoms with Crippen molar-refractivity contribution < 1.29 is 31.8 Å². The number of ether oxygens (including phenoxy) is 1. The first-order chi connectivity index (χ1) is 24.2. The summed E-state index contributed by atoms with van der Waals surface area (Å²) in [5.41, 5.74) is 1.56. The number of nitrogens with zero attached hydrogens (tertiary/aromatic N) is 4. The van der Waals surface area contributed by atoms with Crippen LogP contribution in [0.5, 0.6) is 5.75 Å². The van der Waals surface area contributed by atoms with Gasteiger partial charge in [0, 0.05) is 19.5 Å². The van der Waals surface area contributed by atoms with Crippen LogP contribution in [0.25, 0.3) is 27.5 Å². The van der Waals surface area contributed by atoms with E-state index in [9.17, 15) is 31.9 Å². The van der Waals surface area contributed by atoms with Gasteiger partial charge in [0.1, 0.15) is 23.2 Å². The molecule has 4 aromatic carbocycles. The predicted molar refractivity (Wildman–Crippen MR) is 189 cm³/mol. The number of para-hydroxylation sites is 1. The van der Waals surface area contributed by atoms with Gasteiger partial charge < -0.3 is 15.2 Å². The Morgan fingerprint density at radius 2 is 1.75 bits per heavy atom. The predicted octanol–water partition coefficient (Wildman–Crippen LogP) is 6.06. The van der Waals surface area contributed by atoms with Gasteiger partial charge in [-0.2, -0.15) is 5.10 Å². The number of carbonyl (C=O) groups is 1. The second-order valence-corrected chi connectivity index (χ2v) is 14.1. The van der Waals surface area contributed by atoms with Crippen molar-refractivity contribution in [2.24, 2.45) is 7.05 Å².